The molecule has 3 aromatic rings. The molecule has 1 amide bonds. The zero-order chi connectivity index (χ0) is 25.2. The van der Waals surface area contributed by atoms with Gasteiger partial charge in [0.25, 0.3) is 0 Å². The van der Waals surface area contributed by atoms with E-state index in [2.05, 4.69) is 35.6 Å². The first-order valence-electron chi connectivity index (χ1n) is 11.2. The highest BCUT2D eigenvalue weighted by molar-refractivity contribution is 5.89. The van der Waals surface area contributed by atoms with Crippen LogP contribution in [0.3, 0.4) is 0 Å². The largest absolute Gasteiger partial charge is 0.379 e. The van der Waals surface area contributed by atoms with Crippen LogP contribution in [0.2, 0.25) is 0 Å². The Kier molecular flexibility index (Phi) is 7.03. The van der Waals surface area contributed by atoms with Gasteiger partial charge in [-0.25, -0.2) is 15.0 Å². The Bertz CT molecular complexity index is 1220. The summed E-state index contributed by atoms with van der Waals surface area (Å²) in [5, 5.41) is 10.4. The Morgan fingerprint density at radius 3 is 2.60 bits per heavy atom. The number of alkyl halides is 2. The number of ether oxygens (including phenoxy) is 1. The summed E-state index contributed by atoms with van der Waals surface area (Å²) in [7, 11) is 1.87. The lowest BCUT2D eigenvalue weighted by Gasteiger charge is -2.26. The van der Waals surface area contributed by atoms with Crippen LogP contribution in [0.25, 0.3) is 11.3 Å². The molecule has 35 heavy (non-hydrogen) atoms. The molecule has 0 spiro atoms. The number of morpholine rings is 1. The number of nitrogens with zero attached hydrogens (tertiary/aromatic N) is 6. The Hall–Kier alpha value is -3.51. The number of amides is 1. The van der Waals surface area contributed by atoms with E-state index in [-0.39, 0.29) is 11.7 Å². The minimum Gasteiger partial charge on any atom is -0.379 e. The van der Waals surface area contributed by atoms with Gasteiger partial charge in [0.1, 0.15) is 11.6 Å². The second-order valence-electron chi connectivity index (χ2n) is 8.56. The van der Waals surface area contributed by atoms with Crippen LogP contribution in [-0.4, -0.2) is 61.8 Å². The molecule has 0 atom stereocenters. The number of anilines is 3. The molecule has 12 heteroatoms. The maximum Gasteiger partial charge on any atom is 0.303 e. The normalized spacial score (nSPS) is 14.7. The van der Waals surface area contributed by atoms with E-state index in [4.69, 9.17) is 4.74 Å². The standard InChI is InChI=1S/C23H28F2N8O2/c1-14-9-21(30-22(27-14)23(3,24)25)29-18-11-20(28-15(2)34)26-12-17(18)19-10-16(32(4)31-19)13-33-5-7-35-8-6-33/h9-12H,5-8,13H2,1-4H3,(H2,26,27,28,29,30,34). The SMILES string of the molecule is CC(=O)Nc1cc(Nc2cc(C)nc(C(C)(F)F)n2)c(-c2cc(CN3CCOCC3)n(C)n2)cn1. The summed E-state index contributed by atoms with van der Waals surface area (Å²) in [5.41, 5.74) is 3.17. The minimum absolute atomic E-state index is 0.194. The van der Waals surface area contributed by atoms with Crippen LogP contribution in [0.1, 0.15) is 31.1 Å². The Morgan fingerprint density at radius 1 is 1.17 bits per heavy atom. The van der Waals surface area contributed by atoms with Gasteiger partial charge in [-0.05, 0) is 13.0 Å². The molecule has 4 rings (SSSR count). The first kappa shape index (κ1) is 24.6. The number of hydrogen-bond acceptors (Lipinski definition) is 8. The Labute approximate surface area is 201 Å². The van der Waals surface area contributed by atoms with Gasteiger partial charge in [-0.2, -0.15) is 13.9 Å². The Balaban J connectivity index is 1.70. The third kappa shape index (κ3) is 6.14. The van der Waals surface area contributed by atoms with Crippen molar-refractivity contribution in [1.29, 1.82) is 0 Å². The van der Waals surface area contributed by atoms with E-state index in [1.807, 2.05) is 13.1 Å². The molecule has 0 radical (unpaired) electrons. The first-order valence-corrected chi connectivity index (χ1v) is 11.2. The van der Waals surface area contributed by atoms with Crippen LogP contribution >= 0.6 is 0 Å². The lowest BCUT2D eigenvalue weighted by atomic mass is 10.1. The highest BCUT2D eigenvalue weighted by Gasteiger charge is 2.29. The van der Waals surface area contributed by atoms with Crippen molar-refractivity contribution in [1.82, 2.24) is 29.6 Å². The van der Waals surface area contributed by atoms with E-state index >= 15 is 0 Å². The minimum atomic E-state index is -3.19. The number of carbonyl (C=O) groups is 1. The van der Waals surface area contributed by atoms with E-state index in [0.29, 0.717) is 48.2 Å². The molecule has 0 saturated carbocycles. The molecule has 0 aliphatic carbocycles. The van der Waals surface area contributed by atoms with Gasteiger partial charge in [-0.1, -0.05) is 0 Å². The summed E-state index contributed by atoms with van der Waals surface area (Å²) < 4.78 is 35.0. The van der Waals surface area contributed by atoms with Gasteiger partial charge < -0.3 is 15.4 Å². The van der Waals surface area contributed by atoms with Crippen molar-refractivity contribution in [2.75, 3.05) is 36.9 Å². The molecule has 3 aromatic heterocycles. The zero-order valence-corrected chi connectivity index (χ0v) is 20.1. The topological polar surface area (TPSA) is 110 Å². The number of carbonyl (C=O) groups excluding carboxylic acids is 1. The third-order valence-electron chi connectivity index (χ3n) is 5.46. The van der Waals surface area contributed by atoms with Gasteiger partial charge in [0.15, 0.2) is 0 Å². The van der Waals surface area contributed by atoms with Gasteiger partial charge in [0, 0.05) is 70.1 Å². The molecule has 1 fully saturated rings. The lowest BCUT2D eigenvalue weighted by Crippen LogP contribution is -2.36. The molecule has 10 nitrogen and oxygen atoms in total. The van der Waals surface area contributed by atoms with Crippen LogP contribution in [-0.2, 0) is 29.0 Å². The van der Waals surface area contributed by atoms with Gasteiger partial charge in [-0.15, -0.1) is 0 Å². The number of nitrogens with one attached hydrogen (secondary N) is 2. The third-order valence-corrected chi connectivity index (χ3v) is 5.46. The van der Waals surface area contributed by atoms with Gasteiger partial charge in [0.2, 0.25) is 11.7 Å². The Morgan fingerprint density at radius 2 is 1.91 bits per heavy atom. The number of aryl methyl sites for hydroxylation is 2. The van der Waals surface area contributed by atoms with Crippen LogP contribution < -0.4 is 10.6 Å². The van der Waals surface area contributed by atoms with Crippen LogP contribution in [0.4, 0.5) is 26.1 Å². The monoisotopic (exact) mass is 486 g/mol. The number of hydrogen-bond donors (Lipinski definition) is 2. The molecular weight excluding hydrogens is 458 g/mol. The van der Waals surface area contributed by atoms with E-state index in [9.17, 15) is 13.6 Å². The zero-order valence-electron chi connectivity index (χ0n) is 20.1. The van der Waals surface area contributed by atoms with E-state index in [0.717, 1.165) is 25.7 Å². The van der Waals surface area contributed by atoms with Crippen molar-refractivity contribution in [3.63, 3.8) is 0 Å². The fraction of sp³-hybridized carbons (Fsp3) is 0.435. The second kappa shape index (κ2) is 10.0. The van der Waals surface area contributed by atoms with Crippen molar-refractivity contribution in [3.8, 4) is 11.3 Å². The quantitative estimate of drug-likeness (QED) is 0.524. The molecule has 1 saturated heterocycles. The summed E-state index contributed by atoms with van der Waals surface area (Å²) in [6.07, 6.45) is 1.58. The summed E-state index contributed by atoms with van der Waals surface area (Å²) in [6, 6.07) is 5.15. The van der Waals surface area contributed by atoms with Crippen molar-refractivity contribution in [2.24, 2.45) is 7.05 Å². The van der Waals surface area contributed by atoms with Gasteiger partial charge in [0.05, 0.1) is 30.3 Å². The molecular formula is C23H28F2N8O2. The first-order chi connectivity index (χ1) is 16.6. The molecule has 186 valence electrons. The summed E-state index contributed by atoms with van der Waals surface area (Å²) in [4.78, 5) is 26.0. The van der Waals surface area contributed by atoms with Crippen molar-refractivity contribution >= 4 is 23.2 Å². The van der Waals surface area contributed by atoms with Crippen molar-refractivity contribution in [3.05, 3.63) is 41.6 Å². The summed E-state index contributed by atoms with van der Waals surface area (Å²) >= 11 is 0. The number of pyridine rings is 1. The fourth-order valence-corrected chi connectivity index (χ4v) is 3.75. The lowest BCUT2D eigenvalue weighted by molar-refractivity contribution is -0.114. The number of aromatic nitrogens is 5. The average molecular weight is 487 g/mol. The molecule has 2 N–H and O–H groups in total. The van der Waals surface area contributed by atoms with Gasteiger partial charge >= 0.3 is 5.92 Å². The molecule has 4 heterocycles. The molecule has 0 aromatic carbocycles. The highest BCUT2D eigenvalue weighted by Crippen LogP contribution is 2.32. The van der Waals surface area contributed by atoms with Crippen molar-refractivity contribution < 1.29 is 18.3 Å². The smallest absolute Gasteiger partial charge is 0.303 e. The van der Waals surface area contributed by atoms with Crippen molar-refractivity contribution in [2.45, 2.75) is 33.2 Å². The maximum absolute atomic E-state index is 13.9. The predicted molar refractivity (Wildman–Crippen MR) is 126 cm³/mol. The average Bonchev–Trinajstić information content (AvgIpc) is 3.13. The molecule has 1 aliphatic rings. The van der Waals surface area contributed by atoms with Gasteiger partial charge in [-0.3, -0.25) is 14.4 Å². The second-order valence-corrected chi connectivity index (χ2v) is 8.56. The molecule has 0 unspecified atom stereocenters. The van der Waals surface area contributed by atoms with Crippen LogP contribution in [0, 0.1) is 6.92 Å². The molecule has 0 bridgehead atoms. The van der Waals surface area contributed by atoms with E-state index in [1.54, 1.807) is 29.9 Å². The maximum atomic E-state index is 13.9. The summed E-state index contributed by atoms with van der Waals surface area (Å²) in [5.74, 6) is -3.56. The summed E-state index contributed by atoms with van der Waals surface area (Å²) in [6.45, 7) is 7.55. The predicted octanol–water partition coefficient (Wildman–Crippen LogP) is 3.23. The molecule has 1 aliphatic heterocycles. The van der Waals surface area contributed by atoms with E-state index in [1.165, 1.54) is 6.92 Å². The number of rotatable bonds is 7. The number of halogens is 2. The van der Waals surface area contributed by atoms with Crippen LogP contribution in [0.15, 0.2) is 24.4 Å². The fourth-order valence-electron chi connectivity index (χ4n) is 3.75. The highest BCUT2D eigenvalue weighted by atomic mass is 19.3. The van der Waals surface area contributed by atoms with E-state index < -0.39 is 11.7 Å². The van der Waals surface area contributed by atoms with Crippen LogP contribution in [0.5, 0.6) is 0 Å².